The Morgan fingerprint density at radius 2 is 2.10 bits per heavy atom. The third kappa shape index (κ3) is 3.98. The quantitative estimate of drug-likeness (QED) is 0.865. The number of hydrogen-bond donors (Lipinski definition) is 1. The van der Waals surface area contributed by atoms with E-state index in [4.69, 9.17) is 4.74 Å². The van der Waals surface area contributed by atoms with Crippen LogP contribution in [-0.4, -0.2) is 55.7 Å². The molecule has 1 aromatic carbocycles. The average molecular weight is 289 g/mol. The first-order chi connectivity index (χ1) is 10.1. The highest BCUT2D eigenvalue weighted by molar-refractivity contribution is 5.91. The van der Waals surface area contributed by atoms with Gasteiger partial charge in [0.15, 0.2) is 0 Å². The molecule has 0 atom stereocenters. The lowest BCUT2D eigenvalue weighted by Crippen LogP contribution is -2.49. The first-order valence-corrected chi connectivity index (χ1v) is 7.18. The van der Waals surface area contributed by atoms with Crippen molar-refractivity contribution in [1.29, 1.82) is 0 Å². The van der Waals surface area contributed by atoms with Crippen LogP contribution in [0.1, 0.15) is 5.56 Å². The van der Waals surface area contributed by atoms with E-state index in [2.05, 4.69) is 16.8 Å². The summed E-state index contributed by atoms with van der Waals surface area (Å²) in [6.07, 6.45) is 1.90. The van der Waals surface area contributed by atoms with Gasteiger partial charge in [0, 0.05) is 32.7 Å². The number of hydrogen-bond acceptors (Lipinski definition) is 3. The van der Waals surface area contributed by atoms with Gasteiger partial charge in [-0.15, -0.1) is 6.58 Å². The molecule has 0 saturated carbocycles. The summed E-state index contributed by atoms with van der Waals surface area (Å²) >= 11 is 0. The summed E-state index contributed by atoms with van der Waals surface area (Å²) in [5.74, 6) is 0.680. The molecule has 0 spiro atoms. The Balaban J connectivity index is 1.96. The Morgan fingerprint density at radius 1 is 1.38 bits per heavy atom. The Labute approximate surface area is 126 Å². The number of urea groups is 1. The predicted molar refractivity (Wildman–Crippen MR) is 85.0 cm³/mol. The number of rotatable bonds is 4. The summed E-state index contributed by atoms with van der Waals surface area (Å²) in [7, 11) is 1.61. The smallest absolute Gasteiger partial charge is 0.322 e. The number of nitrogens with one attached hydrogen (secondary N) is 1. The second-order valence-corrected chi connectivity index (χ2v) is 5.21. The van der Waals surface area contributed by atoms with Crippen LogP contribution < -0.4 is 10.1 Å². The maximum absolute atomic E-state index is 12.3. The molecule has 5 heteroatoms. The molecule has 2 rings (SSSR count). The van der Waals surface area contributed by atoms with Crippen molar-refractivity contribution < 1.29 is 9.53 Å². The maximum Gasteiger partial charge on any atom is 0.322 e. The van der Waals surface area contributed by atoms with E-state index in [9.17, 15) is 4.79 Å². The summed E-state index contributed by atoms with van der Waals surface area (Å²) < 4.78 is 5.29. The molecule has 21 heavy (non-hydrogen) atoms. The van der Waals surface area contributed by atoms with Crippen molar-refractivity contribution in [3.63, 3.8) is 0 Å². The van der Waals surface area contributed by atoms with Crippen LogP contribution in [-0.2, 0) is 0 Å². The molecule has 114 valence electrons. The summed E-state index contributed by atoms with van der Waals surface area (Å²) in [4.78, 5) is 16.4. The normalized spacial score (nSPS) is 15.6. The van der Waals surface area contributed by atoms with Crippen LogP contribution >= 0.6 is 0 Å². The molecule has 0 aliphatic carbocycles. The minimum Gasteiger partial charge on any atom is -0.495 e. The number of benzene rings is 1. The molecule has 1 aliphatic heterocycles. The number of anilines is 1. The third-order valence-electron chi connectivity index (χ3n) is 3.64. The van der Waals surface area contributed by atoms with Gasteiger partial charge in [-0.3, -0.25) is 4.90 Å². The van der Waals surface area contributed by atoms with Crippen LogP contribution in [0, 0.1) is 6.92 Å². The van der Waals surface area contributed by atoms with E-state index in [1.807, 2.05) is 36.1 Å². The number of piperazine rings is 1. The lowest BCUT2D eigenvalue weighted by Gasteiger charge is -2.34. The van der Waals surface area contributed by atoms with Crippen molar-refractivity contribution in [3.8, 4) is 5.75 Å². The van der Waals surface area contributed by atoms with Gasteiger partial charge < -0.3 is 15.0 Å². The second kappa shape index (κ2) is 7.13. The molecule has 0 unspecified atom stereocenters. The Kier molecular flexibility index (Phi) is 5.22. The lowest BCUT2D eigenvalue weighted by atomic mass is 10.2. The van der Waals surface area contributed by atoms with Crippen molar-refractivity contribution >= 4 is 11.7 Å². The fourth-order valence-corrected chi connectivity index (χ4v) is 2.43. The standard InChI is InChI=1S/C16H23N3O2/c1-4-7-18-8-10-19(11-9-18)16(20)17-14-12-13(2)5-6-15(14)21-3/h4-6,12H,1,7-11H2,2-3H3,(H,17,20). The van der Waals surface area contributed by atoms with Crippen LogP contribution in [0.5, 0.6) is 5.75 Å². The van der Waals surface area contributed by atoms with E-state index < -0.39 is 0 Å². The number of ether oxygens (including phenoxy) is 1. The van der Waals surface area contributed by atoms with E-state index in [-0.39, 0.29) is 6.03 Å². The number of aryl methyl sites for hydroxylation is 1. The van der Waals surface area contributed by atoms with E-state index in [1.54, 1.807) is 7.11 Å². The SMILES string of the molecule is C=CCN1CCN(C(=O)Nc2cc(C)ccc2OC)CC1. The van der Waals surface area contributed by atoms with Crippen LogP contribution in [0.25, 0.3) is 0 Å². The highest BCUT2D eigenvalue weighted by Crippen LogP contribution is 2.25. The number of amides is 2. The van der Waals surface area contributed by atoms with Crippen LogP contribution in [0.15, 0.2) is 30.9 Å². The third-order valence-corrected chi connectivity index (χ3v) is 3.64. The minimum absolute atomic E-state index is 0.0721. The van der Waals surface area contributed by atoms with Crippen molar-refractivity contribution in [1.82, 2.24) is 9.80 Å². The largest absolute Gasteiger partial charge is 0.495 e. The first kappa shape index (κ1) is 15.4. The number of methoxy groups -OCH3 is 1. The molecular weight excluding hydrogens is 266 g/mol. The zero-order valence-electron chi connectivity index (χ0n) is 12.8. The highest BCUT2D eigenvalue weighted by atomic mass is 16.5. The Morgan fingerprint density at radius 3 is 2.71 bits per heavy atom. The molecular formula is C16H23N3O2. The summed E-state index contributed by atoms with van der Waals surface area (Å²) in [5, 5.41) is 2.94. The fourth-order valence-electron chi connectivity index (χ4n) is 2.43. The molecule has 0 radical (unpaired) electrons. The molecule has 1 fully saturated rings. The van der Waals surface area contributed by atoms with Crippen LogP contribution in [0.2, 0.25) is 0 Å². The zero-order valence-corrected chi connectivity index (χ0v) is 12.8. The van der Waals surface area contributed by atoms with Crippen molar-refractivity contribution in [3.05, 3.63) is 36.4 Å². The highest BCUT2D eigenvalue weighted by Gasteiger charge is 2.21. The molecule has 1 N–H and O–H groups in total. The number of carbonyl (C=O) groups excluding carboxylic acids is 1. The number of carbonyl (C=O) groups is 1. The van der Waals surface area contributed by atoms with Crippen LogP contribution in [0.3, 0.4) is 0 Å². The summed E-state index contributed by atoms with van der Waals surface area (Å²) in [6.45, 7) is 9.83. The minimum atomic E-state index is -0.0721. The van der Waals surface area contributed by atoms with Gasteiger partial charge in [-0.1, -0.05) is 12.1 Å². The first-order valence-electron chi connectivity index (χ1n) is 7.18. The van der Waals surface area contributed by atoms with Gasteiger partial charge in [-0.05, 0) is 24.6 Å². The van der Waals surface area contributed by atoms with Gasteiger partial charge in [-0.2, -0.15) is 0 Å². The number of nitrogens with zero attached hydrogens (tertiary/aromatic N) is 2. The zero-order chi connectivity index (χ0) is 15.2. The van der Waals surface area contributed by atoms with Crippen molar-refractivity contribution in [2.75, 3.05) is 45.2 Å². The second-order valence-electron chi connectivity index (χ2n) is 5.21. The summed E-state index contributed by atoms with van der Waals surface area (Å²) in [6, 6.07) is 5.68. The molecule has 1 saturated heterocycles. The molecule has 1 heterocycles. The van der Waals surface area contributed by atoms with Crippen LogP contribution in [0.4, 0.5) is 10.5 Å². The molecule has 1 aromatic rings. The van der Waals surface area contributed by atoms with E-state index in [1.165, 1.54) is 0 Å². The van der Waals surface area contributed by atoms with Crippen molar-refractivity contribution in [2.24, 2.45) is 0 Å². The summed E-state index contributed by atoms with van der Waals surface area (Å²) in [5.41, 5.74) is 1.80. The molecule has 2 amide bonds. The maximum atomic E-state index is 12.3. The van der Waals surface area contributed by atoms with E-state index >= 15 is 0 Å². The van der Waals surface area contributed by atoms with Gasteiger partial charge in [0.05, 0.1) is 12.8 Å². The fraction of sp³-hybridized carbons (Fsp3) is 0.438. The van der Waals surface area contributed by atoms with Gasteiger partial charge in [0.1, 0.15) is 5.75 Å². The lowest BCUT2D eigenvalue weighted by molar-refractivity contribution is 0.155. The molecule has 0 bridgehead atoms. The van der Waals surface area contributed by atoms with Gasteiger partial charge in [0.25, 0.3) is 0 Å². The molecule has 0 aromatic heterocycles. The van der Waals surface area contributed by atoms with Crippen molar-refractivity contribution in [2.45, 2.75) is 6.92 Å². The van der Waals surface area contributed by atoms with Gasteiger partial charge in [0.2, 0.25) is 0 Å². The Bertz CT molecular complexity index is 508. The topological polar surface area (TPSA) is 44.8 Å². The monoisotopic (exact) mass is 289 g/mol. The molecule has 1 aliphatic rings. The van der Waals surface area contributed by atoms with E-state index in [0.29, 0.717) is 5.75 Å². The van der Waals surface area contributed by atoms with E-state index in [0.717, 1.165) is 44.0 Å². The Hall–Kier alpha value is -2.01. The van der Waals surface area contributed by atoms with Gasteiger partial charge >= 0.3 is 6.03 Å². The average Bonchev–Trinajstić information content (AvgIpc) is 2.48. The molecule has 5 nitrogen and oxygen atoms in total. The predicted octanol–water partition coefficient (Wildman–Crippen LogP) is 2.34. The van der Waals surface area contributed by atoms with Gasteiger partial charge in [-0.25, -0.2) is 4.79 Å².